The minimum absolute atomic E-state index is 0.181. The predicted octanol–water partition coefficient (Wildman–Crippen LogP) is 3.67. The van der Waals surface area contributed by atoms with Crippen LogP contribution in [0.2, 0.25) is 0 Å². The van der Waals surface area contributed by atoms with E-state index in [1.165, 1.54) is 30.5 Å². The van der Waals surface area contributed by atoms with E-state index in [0.717, 1.165) is 19.6 Å². The van der Waals surface area contributed by atoms with E-state index in [4.69, 9.17) is 0 Å². The summed E-state index contributed by atoms with van der Waals surface area (Å²) in [4.78, 5) is 14.6. The van der Waals surface area contributed by atoms with Crippen LogP contribution in [0.4, 0.5) is 10.1 Å². The smallest absolute Gasteiger partial charge is 0.255 e. The number of hydrogen-bond acceptors (Lipinski definition) is 2. The van der Waals surface area contributed by atoms with Crippen LogP contribution in [0.3, 0.4) is 0 Å². The van der Waals surface area contributed by atoms with Gasteiger partial charge in [0, 0.05) is 17.8 Å². The minimum Gasteiger partial charge on any atom is -0.322 e. The molecule has 1 N–H and O–H groups in total. The highest BCUT2D eigenvalue weighted by Crippen LogP contribution is 2.15. The largest absolute Gasteiger partial charge is 0.322 e. The van der Waals surface area contributed by atoms with Gasteiger partial charge < -0.3 is 5.32 Å². The average Bonchev–Trinajstić information content (AvgIpc) is 3.03. The second-order valence-corrected chi connectivity index (χ2v) is 5.64. The zero-order valence-corrected chi connectivity index (χ0v) is 12.4. The maximum Gasteiger partial charge on any atom is 0.255 e. The van der Waals surface area contributed by atoms with E-state index >= 15 is 0 Å². The molecule has 0 atom stereocenters. The Labute approximate surface area is 129 Å². The van der Waals surface area contributed by atoms with E-state index in [0.29, 0.717) is 11.3 Å². The molecule has 0 radical (unpaired) electrons. The molecule has 1 fully saturated rings. The van der Waals surface area contributed by atoms with Crippen LogP contribution in [0, 0.1) is 5.82 Å². The molecule has 1 saturated heterocycles. The molecular weight excluding hydrogens is 279 g/mol. The lowest BCUT2D eigenvalue weighted by Gasteiger charge is -2.14. The number of rotatable bonds is 4. The van der Waals surface area contributed by atoms with E-state index in [1.54, 1.807) is 12.1 Å². The molecule has 0 saturated carbocycles. The van der Waals surface area contributed by atoms with Crippen molar-refractivity contribution in [1.29, 1.82) is 0 Å². The standard InChI is InChI=1S/C18H19FN2O/c19-16-7-9-17(10-8-16)20-18(22)15-5-3-14(4-6-15)13-21-11-1-2-12-21/h3-10H,1-2,11-13H2,(H,20,22). The maximum atomic E-state index is 12.8. The first-order chi connectivity index (χ1) is 10.7. The second kappa shape index (κ2) is 6.71. The first-order valence-corrected chi connectivity index (χ1v) is 7.59. The summed E-state index contributed by atoms with van der Waals surface area (Å²) >= 11 is 0. The Kier molecular flexibility index (Phi) is 4.49. The van der Waals surface area contributed by atoms with Gasteiger partial charge in [-0.15, -0.1) is 0 Å². The zero-order chi connectivity index (χ0) is 15.4. The number of amides is 1. The van der Waals surface area contributed by atoms with Crippen molar-refractivity contribution >= 4 is 11.6 Å². The Morgan fingerprint density at radius 3 is 2.27 bits per heavy atom. The lowest BCUT2D eigenvalue weighted by Crippen LogP contribution is -2.18. The van der Waals surface area contributed by atoms with Crippen molar-refractivity contribution in [2.45, 2.75) is 19.4 Å². The van der Waals surface area contributed by atoms with Crippen LogP contribution in [0.5, 0.6) is 0 Å². The van der Waals surface area contributed by atoms with Crippen LogP contribution in [-0.2, 0) is 6.54 Å². The van der Waals surface area contributed by atoms with Crippen LogP contribution in [0.1, 0.15) is 28.8 Å². The Hall–Kier alpha value is -2.20. The van der Waals surface area contributed by atoms with Gasteiger partial charge in [-0.25, -0.2) is 4.39 Å². The molecule has 3 rings (SSSR count). The Bertz CT molecular complexity index is 631. The van der Waals surface area contributed by atoms with Gasteiger partial charge in [0.1, 0.15) is 5.82 Å². The highest BCUT2D eigenvalue weighted by atomic mass is 19.1. The molecule has 0 bridgehead atoms. The molecule has 0 unspecified atom stereocenters. The fourth-order valence-electron chi connectivity index (χ4n) is 2.70. The summed E-state index contributed by atoms with van der Waals surface area (Å²) in [6, 6.07) is 13.4. The first-order valence-electron chi connectivity index (χ1n) is 7.59. The van der Waals surface area contributed by atoms with Crippen LogP contribution in [-0.4, -0.2) is 23.9 Å². The Morgan fingerprint density at radius 2 is 1.64 bits per heavy atom. The summed E-state index contributed by atoms with van der Waals surface area (Å²) in [5.74, 6) is -0.497. The summed E-state index contributed by atoms with van der Waals surface area (Å²) in [6.45, 7) is 3.26. The fraction of sp³-hybridized carbons (Fsp3) is 0.278. The van der Waals surface area contributed by atoms with Crippen LogP contribution < -0.4 is 5.32 Å². The topological polar surface area (TPSA) is 32.3 Å². The van der Waals surface area contributed by atoms with E-state index < -0.39 is 0 Å². The summed E-state index contributed by atoms with van der Waals surface area (Å²) in [5, 5.41) is 2.76. The van der Waals surface area contributed by atoms with E-state index in [2.05, 4.69) is 10.2 Å². The van der Waals surface area contributed by atoms with Crippen LogP contribution in [0.25, 0.3) is 0 Å². The molecule has 1 heterocycles. The van der Waals surface area contributed by atoms with Gasteiger partial charge in [-0.05, 0) is 67.9 Å². The van der Waals surface area contributed by atoms with Gasteiger partial charge in [0.2, 0.25) is 0 Å². The number of benzene rings is 2. The fourth-order valence-corrected chi connectivity index (χ4v) is 2.70. The molecule has 1 aliphatic rings. The number of halogens is 1. The van der Waals surface area contributed by atoms with Gasteiger partial charge in [0.15, 0.2) is 0 Å². The van der Waals surface area contributed by atoms with Crippen molar-refractivity contribution in [3.63, 3.8) is 0 Å². The first kappa shape index (κ1) is 14.7. The summed E-state index contributed by atoms with van der Waals surface area (Å²) < 4.78 is 12.8. The third kappa shape index (κ3) is 3.71. The molecular formula is C18H19FN2O. The molecule has 0 aliphatic carbocycles. The third-order valence-corrected chi connectivity index (χ3v) is 3.92. The van der Waals surface area contributed by atoms with Crippen molar-refractivity contribution in [1.82, 2.24) is 4.90 Å². The van der Waals surface area contributed by atoms with E-state index in [1.807, 2.05) is 24.3 Å². The van der Waals surface area contributed by atoms with Crippen molar-refractivity contribution in [3.05, 3.63) is 65.5 Å². The van der Waals surface area contributed by atoms with Crippen molar-refractivity contribution in [2.24, 2.45) is 0 Å². The van der Waals surface area contributed by atoms with E-state index in [9.17, 15) is 9.18 Å². The number of likely N-dealkylation sites (tertiary alicyclic amines) is 1. The molecule has 1 amide bonds. The molecule has 22 heavy (non-hydrogen) atoms. The van der Waals surface area contributed by atoms with Crippen LogP contribution in [0.15, 0.2) is 48.5 Å². The van der Waals surface area contributed by atoms with Gasteiger partial charge in [0.25, 0.3) is 5.91 Å². The monoisotopic (exact) mass is 298 g/mol. The summed E-state index contributed by atoms with van der Waals surface area (Å²) in [6.07, 6.45) is 2.55. The number of nitrogens with one attached hydrogen (secondary N) is 1. The van der Waals surface area contributed by atoms with Crippen molar-refractivity contribution in [3.8, 4) is 0 Å². The molecule has 4 heteroatoms. The molecule has 3 nitrogen and oxygen atoms in total. The Morgan fingerprint density at radius 1 is 1.00 bits per heavy atom. The lowest BCUT2D eigenvalue weighted by atomic mass is 10.1. The SMILES string of the molecule is O=C(Nc1ccc(F)cc1)c1ccc(CN2CCCC2)cc1. The number of carbonyl (C=O) groups is 1. The molecule has 2 aromatic carbocycles. The van der Waals surface area contributed by atoms with Crippen LogP contribution >= 0.6 is 0 Å². The normalized spacial score (nSPS) is 15.0. The summed E-state index contributed by atoms with van der Waals surface area (Å²) in [5.41, 5.74) is 2.42. The molecule has 114 valence electrons. The van der Waals surface area contributed by atoms with Gasteiger partial charge >= 0.3 is 0 Å². The maximum absolute atomic E-state index is 12.8. The number of anilines is 1. The molecule has 0 aromatic heterocycles. The molecule has 0 spiro atoms. The highest BCUT2D eigenvalue weighted by Gasteiger charge is 2.12. The average molecular weight is 298 g/mol. The van der Waals surface area contributed by atoms with Gasteiger partial charge in [-0.2, -0.15) is 0 Å². The quantitative estimate of drug-likeness (QED) is 0.934. The van der Waals surface area contributed by atoms with E-state index in [-0.39, 0.29) is 11.7 Å². The number of hydrogen-bond donors (Lipinski definition) is 1. The van der Waals surface area contributed by atoms with Gasteiger partial charge in [-0.3, -0.25) is 9.69 Å². The Balaban J connectivity index is 1.61. The minimum atomic E-state index is -0.315. The lowest BCUT2D eigenvalue weighted by molar-refractivity contribution is 0.102. The molecule has 1 aliphatic heterocycles. The number of carbonyl (C=O) groups excluding carboxylic acids is 1. The molecule has 2 aromatic rings. The highest BCUT2D eigenvalue weighted by molar-refractivity contribution is 6.04. The van der Waals surface area contributed by atoms with Crippen molar-refractivity contribution in [2.75, 3.05) is 18.4 Å². The number of nitrogens with zero attached hydrogens (tertiary/aromatic N) is 1. The third-order valence-electron chi connectivity index (χ3n) is 3.92. The predicted molar refractivity (Wildman–Crippen MR) is 85.3 cm³/mol. The van der Waals surface area contributed by atoms with Gasteiger partial charge in [0.05, 0.1) is 0 Å². The summed E-state index contributed by atoms with van der Waals surface area (Å²) in [7, 11) is 0. The second-order valence-electron chi connectivity index (χ2n) is 5.64. The van der Waals surface area contributed by atoms with Crippen molar-refractivity contribution < 1.29 is 9.18 Å². The zero-order valence-electron chi connectivity index (χ0n) is 12.4. The van der Waals surface area contributed by atoms with Gasteiger partial charge in [-0.1, -0.05) is 12.1 Å².